The maximum Gasteiger partial charge on any atom is 0.197 e. The molecular weight excluding hydrogens is 262 g/mol. The van der Waals surface area contributed by atoms with Crippen molar-refractivity contribution in [3.05, 3.63) is 23.1 Å². The molecule has 19 heavy (non-hydrogen) atoms. The second-order valence-corrected chi connectivity index (χ2v) is 6.25. The van der Waals surface area contributed by atoms with Crippen LogP contribution in [-0.4, -0.2) is 19.3 Å². The van der Waals surface area contributed by atoms with Gasteiger partial charge in [-0.15, -0.1) is 0 Å². The van der Waals surface area contributed by atoms with Crippen molar-refractivity contribution in [3.63, 3.8) is 0 Å². The summed E-state index contributed by atoms with van der Waals surface area (Å²) in [5.41, 5.74) is 1.23. The Morgan fingerprint density at radius 3 is 2.84 bits per heavy atom. The molecule has 3 rings (SSSR count). The third-order valence-corrected chi connectivity index (χ3v) is 5.12. The van der Waals surface area contributed by atoms with Gasteiger partial charge in [0.1, 0.15) is 0 Å². The first-order chi connectivity index (χ1) is 9.24. The molecule has 1 aliphatic heterocycles. The van der Waals surface area contributed by atoms with Crippen LogP contribution in [0.1, 0.15) is 50.1 Å². The van der Waals surface area contributed by atoms with Gasteiger partial charge in [0, 0.05) is 18.2 Å². The van der Waals surface area contributed by atoms with E-state index < -0.39 is 0 Å². The highest BCUT2D eigenvalue weighted by Gasteiger charge is 2.42. The van der Waals surface area contributed by atoms with Crippen molar-refractivity contribution in [1.82, 2.24) is 5.32 Å². The van der Waals surface area contributed by atoms with Gasteiger partial charge >= 0.3 is 0 Å². The first-order valence-electron chi connectivity index (χ1n) is 7.28. The van der Waals surface area contributed by atoms with E-state index in [9.17, 15) is 0 Å². The molecule has 2 unspecified atom stereocenters. The van der Waals surface area contributed by atoms with Crippen LogP contribution in [0.3, 0.4) is 0 Å². The van der Waals surface area contributed by atoms with E-state index in [0.717, 1.165) is 25.0 Å². The Bertz CT molecular complexity index is 426. The summed E-state index contributed by atoms with van der Waals surface area (Å²) < 4.78 is 11.4. The Kier molecular flexibility index (Phi) is 3.88. The Balaban J connectivity index is 1.78. The number of rotatable bonds is 3. The molecular formula is C15H22ClNO2. The summed E-state index contributed by atoms with van der Waals surface area (Å²) in [6.07, 6.45) is 8.96. The molecule has 2 fully saturated rings. The van der Waals surface area contributed by atoms with Crippen LogP contribution in [-0.2, 0) is 4.74 Å². The number of nitrogens with one attached hydrogen (secondary N) is 1. The summed E-state index contributed by atoms with van der Waals surface area (Å²) >= 11 is 6.15. The van der Waals surface area contributed by atoms with Gasteiger partial charge in [-0.2, -0.15) is 0 Å². The lowest BCUT2D eigenvalue weighted by molar-refractivity contribution is -0.0979. The number of hydrogen-bond acceptors (Lipinski definition) is 3. The van der Waals surface area contributed by atoms with E-state index in [2.05, 4.69) is 5.32 Å². The maximum atomic E-state index is 6.15. The standard InChI is InChI=1S/C15H22ClNO2/c1-17-13(12-5-8-18-14(12)16)11-4-9-19-15(10-11)6-2-3-7-15/h5,8,11,13,17H,2-4,6-7,9-10H2,1H3. The first-order valence-corrected chi connectivity index (χ1v) is 7.66. The van der Waals surface area contributed by atoms with Crippen molar-refractivity contribution < 1.29 is 9.15 Å². The fraction of sp³-hybridized carbons (Fsp3) is 0.733. The first kappa shape index (κ1) is 13.5. The van der Waals surface area contributed by atoms with Crippen LogP contribution in [0.5, 0.6) is 0 Å². The average Bonchev–Trinajstić information content (AvgIpc) is 3.02. The number of halogens is 1. The molecule has 1 saturated heterocycles. The van der Waals surface area contributed by atoms with Crippen molar-refractivity contribution in [2.24, 2.45) is 5.92 Å². The van der Waals surface area contributed by atoms with Gasteiger partial charge in [-0.3, -0.25) is 0 Å². The minimum absolute atomic E-state index is 0.147. The fourth-order valence-electron chi connectivity index (χ4n) is 3.89. The van der Waals surface area contributed by atoms with Crippen LogP contribution in [0.25, 0.3) is 0 Å². The predicted octanol–water partition coefficient (Wildman–Crippen LogP) is 3.93. The highest BCUT2D eigenvalue weighted by atomic mass is 35.5. The van der Waals surface area contributed by atoms with Crippen LogP contribution in [0, 0.1) is 5.92 Å². The van der Waals surface area contributed by atoms with E-state index >= 15 is 0 Å². The molecule has 1 saturated carbocycles. The molecule has 0 bridgehead atoms. The van der Waals surface area contributed by atoms with Crippen molar-refractivity contribution in [2.45, 2.75) is 50.2 Å². The molecule has 1 aromatic rings. The van der Waals surface area contributed by atoms with E-state index in [1.165, 1.54) is 25.7 Å². The lowest BCUT2D eigenvalue weighted by Gasteiger charge is -2.41. The van der Waals surface area contributed by atoms with E-state index in [1.54, 1.807) is 6.26 Å². The van der Waals surface area contributed by atoms with E-state index in [4.69, 9.17) is 20.8 Å². The van der Waals surface area contributed by atoms with Crippen molar-refractivity contribution in [3.8, 4) is 0 Å². The number of furan rings is 1. The van der Waals surface area contributed by atoms with E-state index in [1.807, 2.05) is 13.1 Å². The molecule has 0 aromatic carbocycles. The van der Waals surface area contributed by atoms with Crippen LogP contribution in [0.15, 0.2) is 16.7 Å². The summed E-state index contributed by atoms with van der Waals surface area (Å²) in [5, 5.41) is 3.94. The summed E-state index contributed by atoms with van der Waals surface area (Å²) in [6, 6.07) is 2.26. The monoisotopic (exact) mass is 283 g/mol. The minimum Gasteiger partial charge on any atom is -0.453 e. The zero-order valence-corrected chi connectivity index (χ0v) is 12.2. The third kappa shape index (κ3) is 2.56. The maximum absolute atomic E-state index is 6.15. The SMILES string of the molecule is CNC(c1ccoc1Cl)C1CCOC2(CCCC2)C1. The molecule has 1 aromatic heterocycles. The van der Waals surface area contributed by atoms with Gasteiger partial charge in [0.2, 0.25) is 0 Å². The molecule has 4 heteroatoms. The fourth-order valence-corrected chi connectivity index (χ4v) is 4.12. The molecule has 2 aliphatic rings. The van der Waals surface area contributed by atoms with Gasteiger partial charge in [0.15, 0.2) is 5.22 Å². The van der Waals surface area contributed by atoms with E-state index in [-0.39, 0.29) is 11.6 Å². The molecule has 106 valence electrons. The van der Waals surface area contributed by atoms with Crippen molar-refractivity contribution >= 4 is 11.6 Å². The van der Waals surface area contributed by atoms with Gasteiger partial charge < -0.3 is 14.5 Å². The second-order valence-electron chi connectivity index (χ2n) is 5.91. The molecule has 0 amide bonds. The smallest absolute Gasteiger partial charge is 0.197 e. The molecule has 2 atom stereocenters. The number of ether oxygens (including phenoxy) is 1. The minimum atomic E-state index is 0.147. The zero-order valence-electron chi connectivity index (χ0n) is 11.5. The van der Waals surface area contributed by atoms with Crippen molar-refractivity contribution in [2.75, 3.05) is 13.7 Å². The molecule has 1 aliphatic carbocycles. The van der Waals surface area contributed by atoms with Gasteiger partial charge in [-0.1, -0.05) is 12.8 Å². The average molecular weight is 284 g/mol. The Labute approximate surface area is 119 Å². The lowest BCUT2D eigenvalue weighted by atomic mass is 9.79. The second kappa shape index (κ2) is 5.47. The van der Waals surface area contributed by atoms with Crippen LogP contribution < -0.4 is 5.32 Å². The topological polar surface area (TPSA) is 34.4 Å². The Hall–Kier alpha value is -0.510. The van der Waals surface area contributed by atoms with Crippen LogP contribution in [0.4, 0.5) is 0 Å². The summed E-state index contributed by atoms with van der Waals surface area (Å²) in [4.78, 5) is 0. The van der Waals surface area contributed by atoms with Gasteiger partial charge in [0.25, 0.3) is 0 Å². The Morgan fingerprint density at radius 1 is 1.42 bits per heavy atom. The summed E-state index contributed by atoms with van der Waals surface area (Å²) in [6.45, 7) is 0.873. The molecule has 0 radical (unpaired) electrons. The molecule has 3 nitrogen and oxygen atoms in total. The largest absolute Gasteiger partial charge is 0.453 e. The van der Waals surface area contributed by atoms with E-state index in [0.29, 0.717) is 11.1 Å². The lowest BCUT2D eigenvalue weighted by Crippen LogP contribution is -2.41. The highest BCUT2D eigenvalue weighted by molar-refractivity contribution is 6.29. The van der Waals surface area contributed by atoms with Gasteiger partial charge in [0.05, 0.1) is 11.9 Å². The van der Waals surface area contributed by atoms with Crippen LogP contribution in [0.2, 0.25) is 5.22 Å². The highest BCUT2D eigenvalue weighted by Crippen LogP contribution is 2.46. The summed E-state index contributed by atoms with van der Waals surface area (Å²) in [5.74, 6) is 0.576. The third-order valence-electron chi connectivity index (χ3n) is 4.81. The summed E-state index contributed by atoms with van der Waals surface area (Å²) in [7, 11) is 2.00. The quantitative estimate of drug-likeness (QED) is 0.913. The zero-order chi connectivity index (χ0) is 13.3. The van der Waals surface area contributed by atoms with Gasteiger partial charge in [-0.25, -0.2) is 0 Å². The predicted molar refractivity (Wildman–Crippen MR) is 75.4 cm³/mol. The van der Waals surface area contributed by atoms with Crippen LogP contribution >= 0.6 is 11.6 Å². The Morgan fingerprint density at radius 2 is 2.21 bits per heavy atom. The van der Waals surface area contributed by atoms with Gasteiger partial charge in [-0.05, 0) is 56.3 Å². The molecule has 1 N–H and O–H groups in total. The molecule has 1 spiro atoms. The number of hydrogen-bond donors (Lipinski definition) is 1. The normalized spacial score (nSPS) is 27.8. The van der Waals surface area contributed by atoms with Crippen molar-refractivity contribution in [1.29, 1.82) is 0 Å². The molecule has 2 heterocycles.